The molecule has 0 spiro atoms. The maximum Gasteiger partial charge on any atom is 0.337 e. The summed E-state index contributed by atoms with van der Waals surface area (Å²) in [6, 6.07) is 7.12. The summed E-state index contributed by atoms with van der Waals surface area (Å²) in [6.45, 7) is 0.0520. The molecule has 0 aliphatic carbocycles. The van der Waals surface area contributed by atoms with Crippen molar-refractivity contribution in [3.8, 4) is 5.69 Å². The SMILES string of the molecule is COC(=O)C1=C(Nc2ccc(-n3cc(Cl)cn3)cc2)C(=O)N(CCO)C1. The maximum atomic E-state index is 12.5. The van der Waals surface area contributed by atoms with Crippen molar-refractivity contribution >= 4 is 29.2 Å². The molecule has 2 heterocycles. The van der Waals surface area contributed by atoms with E-state index < -0.39 is 5.97 Å². The molecule has 1 aromatic carbocycles. The molecule has 1 aliphatic rings. The number of esters is 1. The van der Waals surface area contributed by atoms with Crippen LogP contribution in [-0.4, -0.2) is 58.5 Å². The van der Waals surface area contributed by atoms with Gasteiger partial charge in [-0.05, 0) is 24.3 Å². The van der Waals surface area contributed by atoms with Crippen molar-refractivity contribution in [2.45, 2.75) is 0 Å². The first-order chi connectivity index (χ1) is 12.5. The number of nitrogens with zero attached hydrogens (tertiary/aromatic N) is 3. The van der Waals surface area contributed by atoms with Gasteiger partial charge in [0.25, 0.3) is 5.91 Å². The zero-order chi connectivity index (χ0) is 18.7. The van der Waals surface area contributed by atoms with E-state index in [2.05, 4.69) is 10.4 Å². The van der Waals surface area contributed by atoms with Gasteiger partial charge in [0.15, 0.2) is 0 Å². The van der Waals surface area contributed by atoms with Crippen molar-refractivity contribution < 1.29 is 19.4 Å². The van der Waals surface area contributed by atoms with E-state index in [9.17, 15) is 9.59 Å². The van der Waals surface area contributed by atoms with E-state index in [1.54, 1.807) is 35.1 Å². The van der Waals surface area contributed by atoms with Crippen LogP contribution >= 0.6 is 11.6 Å². The molecule has 0 atom stereocenters. The molecule has 9 heteroatoms. The molecule has 0 saturated heterocycles. The van der Waals surface area contributed by atoms with Crippen molar-refractivity contribution in [1.29, 1.82) is 0 Å². The number of nitrogens with one attached hydrogen (secondary N) is 1. The van der Waals surface area contributed by atoms with E-state index in [1.807, 2.05) is 0 Å². The van der Waals surface area contributed by atoms with Gasteiger partial charge in [0.2, 0.25) is 0 Å². The van der Waals surface area contributed by atoms with Crippen LogP contribution in [0, 0.1) is 0 Å². The zero-order valence-corrected chi connectivity index (χ0v) is 14.7. The number of aliphatic hydroxyl groups excluding tert-OH is 1. The molecule has 2 N–H and O–H groups in total. The van der Waals surface area contributed by atoms with Crippen molar-refractivity contribution in [3.63, 3.8) is 0 Å². The molecule has 136 valence electrons. The number of carbonyl (C=O) groups is 2. The molecule has 0 unspecified atom stereocenters. The lowest BCUT2D eigenvalue weighted by Crippen LogP contribution is -2.31. The molecule has 1 amide bonds. The third kappa shape index (κ3) is 3.56. The Labute approximate surface area is 154 Å². The van der Waals surface area contributed by atoms with Gasteiger partial charge in [-0.2, -0.15) is 5.10 Å². The van der Waals surface area contributed by atoms with Gasteiger partial charge in [-0.15, -0.1) is 0 Å². The standard InChI is InChI=1S/C17H17ClN4O4/c1-26-17(25)14-10-21(6-7-23)16(24)15(14)20-12-2-4-13(5-3-12)22-9-11(18)8-19-22/h2-5,8-9,20,23H,6-7,10H2,1H3. The number of benzene rings is 1. The van der Waals surface area contributed by atoms with Crippen LogP contribution in [0.2, 0.25) is 5.02 Å². The number of halogens is 1. The second kappa shape index (κ2) is 7.59. The molecule has 8 nitrogen and oxygen atoms in total. The number of aliphatic hydroxyl groups is 1. The number of methoxy groups -OCH3 is 1. The predicted molar refractivity (Wildman–Crippen MR) is 94.9 cm³/mol. The highest BCUT2D eigenvalue weighted by Crippen LogP contribution is 2.23. The van der Waals surface area contributed by atoms with Gasteiger partial charge in [0.05, 0.1) is 42.7 Å². The first kappa shape index (κ1) is 18.0. The summed E-state index contributed by atoms with van der Waals surface area (Å²) in [6.07, 6.45) is 3.21. The monoisotopic (exact) mass is 376 g/mol. The van der Waals surface area contributed by atoms with E-state index >= 15 is 0 Å². The van der Waals surface area contributed by atoms with Gasteiger partial charge in [-0.1, -0.05) is 11.6 Å². The minimum absolute atomic E-state index is 0.0955. The largest absolute Gasteiger partial charge is 0.466 e. The average molecular weight is 377 g/mol. The third-order valence-electron chi connectivity index (χ3n) is 3.91. The van der Waals surface area contributed by atoms with Gasteiger partial charge >= 0.3 is 5.97 Å². The van der Waals surface area contributed by atoms with Crippen LogP contribution in [0.5, 0.6) is 0 Å². The van der Waals surface area contributed by atoms with E-state index in [0.29, 0.717) is 10.7 Å². The van der Waals surface area contributed by atoms with E-state index in [0.717, 1.165) is 5.69 Å². The van der Waals surface area contributed by atoms with Gasteiger partial charge in [-0.3, -0.25) is 4.79 Å². The van der Waals surface area contributed by atoms with Crippen LogP contribution in [-0.2, 0) is 14.3 Å². The first-order valence-electron chi connectivity index (χ1n) is 7.82. The van der Waals surface area contributed by atoms with E-state index in [-0.39, 0.29) is 36.9 Å². The number of anilines is 1. The zero-order valence-electron chi connectivity index (χ0n) is 14.0. The summed E-state index contributed by atoms with van der Waals surface area (Å²) < 4.78 is 6.37. The highest BCUT2D eigenvalue weighted by Gasteiger charge is 2.34. The average Bonchev–Trinajstić information content (AvgIpc) is 3.21. The van der Waals surface area contributed by atoms with Crippen molar-refractivity contribution in [3.05, 3.63) is 53.0 Å². The minimum Gasteiger partial charge on any atom is -0.466 e. The van der Waals surface area contributed by atoms with Crippen molar-refractivity contribution in [2.24, 2.45) is 0 Å². The fraction of sp³-hybridized carbons (Fsp3) is 0.235. The number of carbonyl (C=O) groups excluding carboxylic acids is 2. The Balaban J connectivity index is 1.83. The lowest BCUT2D eigenvalue weighted by atomic mass is 10.2. The quantitative estimate of drug-likeness (QED) is 0.735. The lowest BCUT2D eigenvalue weighted by Gasteiger charge is -2.15. The topological polar surface area (TPSA) is 96.7 Å². The highest BCUT2D eigenvalue weighted by atomic mass is 35.5. The Bertz CT molecular complexity index is 860. The molecule has 0 bridgehead atoms. The van der Waals surface area contributed by atoms with Crippen LogP contribution in [0.3, 0.4) is 0 Å². The minimum atomic E-state index is -0.580. The molecule has 26 heavy (non-hydrogen) atoms. The Morgan fingerprint density at radius 2 is 2.12 bits per heavy atom. The number of ether oxygens (including phenoxy) is 1. The Kier molecular flexibility index (Phi) is 5.24. The Morgan fingerprint density at radius 3 is 2.69 bits per heavy atom. The van der Waals surface area contributed by atoms with Gasteiger partial charge in [0.1, 0.15) is 5.70 Å². The summed E-state index contributed by atoms with van der Waals surface area (Å²) in [4.78, 5) is 25.8. The number of rotatable bonds is 6. The number of β-amino-alcohol motifs (C(OH)–C–C–N with tert-alkyl or cyclic N) is 1. The molecule has 1 aliphatic heterocycles. The molecule has 0 saturated carbocycles. The first-order valence-corrected chi connectivity index (χ1v) is 8.20. The van der Waals surface area contributed by atoms with Crippen molar-refractivity contribution in [1.82, 2.24) is 14.7 Å². The van der Waals surface area contributed by atoms with Crippen LogP contribution < -0.4 is 5.32 Å². The summed E-state index contributed by atoms with van der Waals surface area (Å²) in [5.41, 5.74) is 1.81. The number of hydrogen-bond acceptors (Lipinski definition) is 6. The molecule has 3 rings (SSSR count). The highest BCUT2D eigenvalue weighted by molar-refractivity contribution is 6.30. The normalized spacial score (nSPS) is 14.1. The second-order valence-corrected chi connectivity index (χ2v) is 6.01. The summed E-state index contributed by atoms with van der Waals surface area (Å²) in [7, 11) is 1.26. The van der Waals surface area contributed by atoms with Crippen LogP contribution in [0.15, 0.2) is 47.9 Å². The maximum absolute atomic E-state index is 12.5. The molecule has 1 aromatic heterocycles. The third-order valence-corrected chi connectivity index (χ3v) is 4.10. The molecule has 2 aromatic rings. The number of amides is 1. The van der Waals surface area contributed by atoms with Crippen LogP contribution in [0.1, 0.15) is 0 Å². The predicted octanol–water partition coefficient (Wildman–Crippen LogP) is 1.20. The van der Waals surface area contributed by atoms with Gasteiger partial charge < -0.3 is 20.1 Å². The summed E-state index contributed by atoms with van der Waals surface area (Å²) in [5.74, 6) is -0.938. The fourth-order valence-electron chi connectivity index (χ4n) is 2.63. The van der Waals surface area contributed by atoms with E-state index in [4.69, 9.17) is 21.4 Å². The molecular formula is C17H17ClN4O4. The van der Waals surface area contributed by atoms with E-state index in [1.165, 1.54) is 18.2 Å². The molecule has 0 fully saturated rings. The second-order valence-electron chi connectivity index (χ2n) is 5.57. The smallest absolute Gasteiger partial charge is 0.337 e. The van der Waals surface area contributed by atoms with Crippen molar-refractivity contribution in [2.75, 3.05) is 32.1 Å². The van der Waals surface area contributed by atoms with Gasteiger partial charge in [-0.25, -0.2) is 9.48 Å². The molecule has 0 radical (unpaired) electrons. The fourth-order valence-corrected chi connectivity index (χ4v) is 2.77. The summed E-state index contributed by atoms with van der Waals surface area (Å²) >= 11 is 5.86. The Hall–Kier alpha value is -2.84. The number of aromatic nitrogens is 2. The van der Waals surface area contributed by atoms with Gasteiger partial charge in [0, 0.05) is 18.4 Å². The summed E-state index contributed by atoms with van der Waals surface area (Å²) in [5, 5.41) is 16.7. The van der Waals surface area contributed by atoms with Crippen LogP contribution in [0.4, 0.5) is 5.69 Å². The lowest BCUT2D eigenvalue weighted by molar-refractivity contribution is -0.136. The number of hydrogen-bond donors (Lipinski definition) is 2. The molecular weight excluding hydrogens is 360 g/mol. The Morgan fingerprint density at radius 1 is 1.38 bits per heavy atom. The van der Waals surface area contributed by atoms with Crippen LogP contribution in [0.25, 0.3) is 5.69 Å².